The van der Waals surface area contributed by atoms with Crippen molar-refractivity contribution in [3.05, 3.63) is 65.7 Å². The Kier molecular flexibility index (Phi) is 5.16. The molecule has 0 radical (unpaired) electrons. The summed E-state index contributed by atoms with van der Waals surface area (Å²) in [5.41, 5.74) is 10.4. The van der Waals surface area contributed by atoms with Crippen molar-refractivity contribution in [1.82, 2.24) is 4.98 Å². The zero-order valence-corrected chi connectivity index (χ0v) is 14.4. The maximum Gasteiger partial charge on any atom is 0.142 e. The Bertz CT molecular complexity index is 963. The number of anilines is 1. The van der Waals surface area contributed by atoms with Gasteiger partial charge in [0.15, 0.2) is 0 Å². The predicted octanol–water partition coefficient (Wildman–Crippen LogP) is 3.55. The lowest BCUT2D eigenvalue weighted by Crippen LogP contribution is -2.06. The Morgan fingerprint density at radius 1 is 1.12 bits per heavy atom. The van der Waals surface area contributed by atoms with E-state index in [0.717, 1.165) is 22.4 Å². The van der Waals surface area contributed by atoms with Gasteiger partial charge >= 0.3 is 0 Å². The Labute approximate surface area is 152 Å². The molecule has 5 heteroatoms. The molecule has 0 amide bonds. The van der Waals surface area contributed by atoms with E-state index in [-0.39, 0.29) is 19.0 Å². The highest BCUT2D eigenvalue weighted by Gasteiger charge is 2.20. The first-order chi connectivity index (χ1) is 12.7. The first-order valence-electron chi connectivity index (χ1n) is 8.26. The number of para-hydroxylation sites is 1. The van der Waals surface area contributed by atoms with Crippen molar-refractivity contribution in [3.8, 4) is 34.2 Å². The first-order valence-corrected chi connectivity index (χ1v) is 8.26. The van der Waals surface area contributed by atoms with Gasteiger partial charge in [-0.1, -0.05) is 48.5 Å². The third kappa shape index (κ3) is 3.23. The summed E-state index contributed by atoms with van der Waals surface area (Å²) in [4.78, 5) is 4.47. The van der Waals surface area contributed by atoms with Crippen LogP contribution in [0.3, 0.4) is 0 Å². The van der Waals surface area contributed by atoms with Gasteiger partial charge in [0.1, 0.15) is 29.8 Å². The molecule has 3 N–H and O–H groups in total. The number of hydrogen-bond acceptors (Lipinski definition) is 5. The van der Waals surface area contributed by atoms with Crippen molar-refractivity contribution < 1.29 is 9.84 Å². The summed E-state index contributed by atoms with van der Waals surface area (Å²) in [6.45, 7) is 2.00. The van der Waals surface area contributed by atoms with Crippen LogP contribution < -0.4 is 10.5 Å². The number of rotatable bonds is 5. The Morgan fingerprint density at radius 2 is 1.81 bits per heavy atom. The van der Waals surface area contributed by atoms with Crippen molar-refractivity contribution in [1.29, 1.82) is 5.26 Å². The lowest BCUT2D eigenvalue weighted by atomic mass is 9.92. The molecular weight excluding hydrogens is 326 g/mol. The molecule has 0 spiro atoms. The molecule has 130 valence electrons. The van der Waals surface area contributed by atoms with Gasteiger partial charge in [0.25, 0.3) is 0 Å². The predicted molar refractivity (Wildman–Crippen MR) is 102 cm³/mol. The molecule has 0 saturated carbocycles. The Morgan fingerprint density at radius 3 is 2.50 bits per heavy atom. The number of aromatic nitrogens is 1. The van der Waals surface area contributed by atoms with Crippen LogP contribution >= 0.6 is 0 Å². The quantitative estimate of drug-likeness (QED) is 0.738. The van der Waals surface area contributed by atoms with Gasteiger partial charge in [0.05, 0.1) is 12.3 Å². The van der Waals surface area contributed by atoms with Gasteiger partial charge < -0.3 is 15.6 Å². The van der Waals surface area contributed by atoms with Gasteiger partial charge in [0.2, 0.25) is 0 Å². The van der Waals surface area contributed by atoms with E-state index < -0.39 is 0 Å². The summed E-state index contributed by atoms with van der Waals surface area (Å²) in [7, 11) is 0. The summed E-state index contributed by atoms with van der Waals surface area (Å²) >= 11 is 0. The smallest absolute Gasteiger partial charge is 0.142 e. The van der Waals surface area contributed by atoms with Gasteiger partial charge in [0, 0.05) is 16.7 Å². The minimum atomic E-state index is -0.0911. The average molecular weight is 345 g/mol. The number of pyridine rings is 1. The number of hydrogen-bond donors (Lipinski definition) is 2. The minimum absolute atomic E-state index is 0.0911. The molecule has 0 aliphatic carbocycles. The van der Waals surface area contributed by atoms with Crippen molar-refractivity contribution in [3.63, 3.8) is 0 Å². The molecule has 0 bridgehead atoms. The number of ether oxygens (including phenoxy) is 1. The van der Waals surface area contributed by atoms with E-state index in [0.29, 0.717) is 16.9 Å². The lowest BCUT2D eigenvalue weighted by molar-refractivity contribution is 0.202. The minimum Gasteiger partial charge on any atom is -0.491 e. The maximum absolute atomic E-state index is 9.66. The van der Waals surface area contributed by atoms with Crippen molar-refractivity contribution in [2.45, 2.75) is 6.92 Å². The van der Waals surface area contributed by atoms with E-state index in [1.54, 1.807) is 0 Å². The standard InChI is InChI=1S/C21H19N3O2/c1-14-19(16-9-5-6-10-18(16)26-12-11-25)17(13-22)21(23)24-20(14)15-7-3-2-4-8-15/h2-10,25H,11-12H2,1H3,(H2,23,24). The molecule has 3 aromatic rings. The molecule has 0 aliphatic rings. The summed E-state index contributed by atoms with van der Waals surface area (Å²) in [6.07, 6.45) is 0. The zero-order valence-electron chi connectivity index (χ0n) is 14.4. The van der Waals surface area contributed by atoms with E-state index in [1.165, 1.54) is 0 Å². The highest BCUT2D eigenvalue weighted by atomic mass is 16.5. The van der Waals surface area contributed by atoms with Crippen LogP contribution in [0, 0.1) is 18.3 Å². The fourth-order valence-electron chi connectivity index (χ4n) is 2.98. The van der Waals surface area contributed by atoms with E-state index in [2.05, 4.69) is 11.1 Å². The molecule has 0 aliphatic heterocycles. The van der Waals surface area contributed by atoms with Crippen LogP contribution in [0.4, 0.5) is 5.82 Å². The van der Waals surface area contributed by atoms with Crippen LogP contribution in [0.1, 0.15) is 11.1 Å². The van der Waals surface area contributed by atoms with Crippen LogP contribution in [0.2, 0.25) is 0 Å². The van der Waals surface area contributed by atoms with Gasteiger partial charge in [-0.05, 0) is 18.6 Å². The second-order valence-corrected chi connectivity index (χ2v) is 5.77. The SMILES string of the molecule is Cc1c(-c2ccccc2)nc(N)c(C#N)c1-c1ccccc1OCCO. The van der Waals surface area contributed by atoms with E-state index in [9.17, 15) is 5.26 Å². The van der Waals surface area contributed by atoms with Crippen molar-refractivity contribution in [2.75, 3.05) is 18.9 Å². The highest BCUT2D eigenvalue weighted by Crippen LogP contribution is 2.39. The highest BCUT2D eigenvalue weighted by molar-refractivity contribution is 5.86. The van der Waals surface area contributed by atoms with Gasteiger partial charge in [-0.15, -0.1) is 0 Å². The Hall–Kier alpha value is -3.36. The van der Waals surface area contributed by atoms with Crippen LogP contribution in [0.15, 0.2) is 54.6 Å². The van der Waals surface area contributed by atoms with Gasteiger partial charge in [-0.25, -0.2) is 4.98 Å². The van der Waals surface area contributed by atoms with E-state index >= 15 is 0 Å². The molecular formula is C21H19N3O2. The first kappa shape index (κ1) is 17.5. The third-order valence-corrected chi connectivity index (χ3v) is 4.13. The Balaban J connectivity index is 2.28. The van der Waals surface area contributed by atoms with Crippen LogP contribution in [-0.4, -0.2) is 23.3 Å². The van der Waals surface area contributed by atoms with Crippen LogP contribution in [0.5, 0.6) is 5.75 Å². The lowest BCUT2D eigenvalue weighted by Gasteiger charge is -2.17. The topological polar surface area (TPSA) is 92.2 Å². The summed E-state index contributed by atoms with van der Waals surface area (Å²) in [6, 6.07) is 19.3. The molecule has 2 aromatic carbocycles. The fraction of sp³-hybridized carbons (Fsp3) is 0.143. The second-order valence-electron chi connectivity index (χ2n) is 5.77. The number of aliphatic hydroxyl groups is 1. The monoisotopic (exact) mass is 345 g/mol. The van der Waals surface area contributed by atoms with Crippen molar-refractivity contribution >= 4 is 5.82 Å². The number of nitriles is 1. The van der Waals surface area contributed by atoms with E-state index in [4.69, 9.17) is 15.6 Å². The number of aliphatic hydroxyl groups excluding tert-OH is 1. The van der Waals surface area contributed by atoms with Crippen LogP contribution in [-0.2, 0) is 0 Å². The number of nitrogen functional groups attached to an aromatic ring is 1. The van der Waals surface area contributed by atoms with Gasteiger partial charge in [-0.2, -0.15) is 5.26 Å². The normalized spacial score (nSPS) is 10.3. The molecule has 1 aromatic heterocycles. The molecule has 0 saturated heterocycles. The zero-order chi connectivity index (χ0) is 18.5. The molecule has 26 heavy (non-hydrogen) atoms. The fourth-order valence-corrected chi connectivity index (χ4v) is 2.98. The van der Waals surface area contributed by atoms with Crippen LogP contribution in [0.25, 0.3) is 22.4 Å². The van der Waals surface area contributed by atoms with Gasteiger partial charge in [-0.3, -0.25) is 0 Å². The molecule has 5 nitrogen and oxygen atoms in total. The largest absolute Gasteiger partial charge is 0.491 e. The number of nitrogens with two attached hydrogens (primary N) is 1. The second kappa shape index (κ2) is 7.68. The van der Waals surface area contributed by atoms with Crippen molar-refractivity contribution in [2.24, 2.45) is 0 Å². The molecule has 0 unspecified atom stereocenters. The summed E-state index contributed by atoms with van der Waals surface area (Å²) in [5.74, 6) is 0.773. The summed E-state index contributed by atoms with van der Waals surface area (Å²) in [5, 5.41) is 18.7. The maximum atomic E-state index is 9.66. The molecule has 1 heterocycles. The number of benzene rings is 2. The molecule has 3 rings (SSSR count). The summed E-state index contributed by atoms with van der Waals surface area (Å²) < 4.78 is 5.66. The number of nitrogens with zero attached hydrogens (tertiary/aromatic N) is 2. The third-order valence-electron chi connectivity index (χ3n) is 4.13. The molecule has 0 atom stereocenters. The van der Waals surface area contributed by atoms with E-state index in [1.807, 2.05) is 61.5 Å². The average Bonchev–Trinajstić information content (AvgIpc) is 2.68. The molecule has 0 fully saturated rings.